The van der Waals surface area contributed by atoms with Gasteiger partial charge in [-0.05, 0) is 63.3 Å². The number of ether oxygens (including phenoxy) is 2. The molecular weight excluding hydrogens is 526 g/mol. The molecule has 1 aromatic carbocycles. The lowest BCUT2D eigenvalue weighted by Crippen LogP contribution is -2.24. The molecule has 6 rings (SSSR count). The number of carbonyl (C=O) groups is 1. The lowest BCUT2D eigenvalue weighted by atomic mass is 9.98. The molecule has 0 saturated carbocycles. The summed E-state index contributed by atoms with van der Waals surface area (Å²) in [4.78, 5) is 23.0. The Bertz CT molecular complexity index is 1530. The quantitative estimate of drug-likeness (QED) is 0.316. The van der Waals surface area contributed by atoms with E-state index in [4.69, 9.17) is 13.9 Å². The Morgan fingerprint density at radius 1 is 1.12 bits per heavy atom. The Kier molecular flexibility index (Phi) is 7.01. The van der Waals surface area contributed by atoms with E-state index in [9.17, 15) is 4.79 Å². The van der Waals surface area contributed by atoms with Gasteiger partial charge in [-0.2, -0.15) is 0 Å². The molecule has 1 saturated heterocycles. The van der Waals surface area contributed by atoms with Crippen LogP contribution in [0.3, 0.4) is 0 Å². The molecule has 13 heteroatoms. The SMILES string of the molecule is COc1ccc2c(c1)CC(Nc1ncc(-c3nnc(N4CCC(c5cn(COC(=O)C(C)(C)C)nn5)C4)o3)cn1)C2. The number of esters is 1. The van der Waals surface area contributed by atoms with Crippen LogP contribution in [-0.2, 0) is 29.1 Å². The van der Waals surface area contributed by atoms with Crippen molar-refractivity contribution >= 4 is 17.9 Å². The Morgan fingerprint density at radius 2 is 1.93 bits per heavy atom. The number of nitrogens with one attached hydrogen (secondary N) is 1. The van der Waals surface area contributed by atoms with E-state index in [1.165, 1.54) is 15.8 Å². The first-order valence-electron chi connectivity index (χ1n) is 13.7. The van der Waals surface area contributed by atoms with E-state index in [2.05, 4.69) is 47.9 Å². The molecule has 2 unspecified atom stereocenters. The van der Waals surface area contributed by atoms with Gasteiger partial charge in [-0.1, -0.05) is 16.4 Å². The zero-order valence-corrected chi connectivity index (χ0v) is 23.6. The number of fused-ring (bicyclic) bond motifs is 1. The summed E-state index contributed by atoms with van der Waals surface area (Å²) < 4.78 is 18.2. The van der Waals surface area contributed by atoms with Gasteiger partial charge in [0.05, 0.1) is 30.0 Å². The van der Waals surface area contributed by atoms with Crippen molar-refractivity contribution in [3.63, 3.8) is 0 Å². The first-order valence-corrected chi connectivity index (χ1v) is 13.7. The molecular formula is C28H33N9O4. The molecule has 4 heterocycles. The molecule has 3 aromatic heterocycles. The molecule has 4 aromatic rings. The number of methoxy groups -OCH3 is 1. The molecule has 2 atom stereocenters. The molecule has 0 radical (unpaired) electrons. The third kappa shape index (κ3) is 5.83. The van der Waals surface area contributed by atoms with Gasteiger partial charge < -0.3 is 24.1 Å². The maximum absolute atomic E-state index is 12.0. The number of rotatable bonds is 8. The van der Waals surface area contributed by atoms with Gasteiger partial charge in [0.25, 0.3) is 5.89 Å². The highest BCUT2D eigenvalue weighted by atomic mass is 16.5. The van der Waals surface area contributed by atoms with Crippen molar-refractivity contribution in [3.8, 4) is 17.2 Å². The van der Waals surface area contributed by atoms with Crippen LogP contribution in [0.15, 0.2) is 41.2 Å². The summed E-state index contributed by atoms with van der Waals surface area (Å²) in [6.45, 7) is 6.88. The van der Waals surface area contributed by atoms with Crippen LogP contribution in [0.5, 0.6) is 5.75 Å². The highest BCUT2D eigenvalue weighted by Crippen LogP contribution is 2.31. The van der Waals surface area contributed by atoms with Crippen molar-refractivity contribution in [1.29, 1.82) is 0 Å². The van der Waals surface area contributed by atoms with Crippen molar-refractivity contribution in [2.24, 2.45) is 5.41 Å². The fourth-order valence-electron chi connectivity index (χ4n) is 5.06. The van der Waals surface area contributed by atoms with Crippen LogP contribution in [0, 0.1) is 5.41 Å². The average molecular weight is 560 g/mol. The number of benzene rings is 1. The van der Waals surface area contributed by atoms with Gasteiger partial charge >= 0.3 is 12.0 Å². The van der Waals surface area contributed by atoms with Crippen LogP contribution in [0.1, 0.15) is 49.9 Å². The van der Waals surface area contributed by atoms with Gasteiger partial charge in [0.15, 0.2) is 6.73 Å². The fraction of sp³-hybridized carbons (Fsp3) is 0.464. The average Bonchev–Trinajstić information content (AvgIpc) is 3.76. The summed E-state index contributed by atoms with van der Waals surface area (Å²) in [5.74, 6) is 1.65. The van der Waals surface area contributed by atoms with E-state index in [1.807, 2.05) is 37.9 Å². The minimum atomic E-state index is -0.568. The van der Waals surface area contributed by atoms with Gasteiger partial charge in [-0.25, -0.2) is 14.6 Å². The second-order valence-corrected chi connectivity index (χ2v) is 11.5. The second kappa shape index (κ2) is 10.8. The molecule has 1 fully saturated rings. The number of carbonyl (C=O) groups excluding carboxylic acids is 1. The van der Waals surface area contributed by atoms with E-state index in [1.54, 1.807) is 19.5 Å². The second-order valence-electron chi connectivity index (χ2n) is 11.5. The first kappa shape index (κ1) is 26.7. The Balaban J connectivity index is 1.03. The van der Waals surface area contributed by atoms with Crippen molar-refractivity contribution in [2.45, 2.75) is 58.7 Å². The van der Waals surface area contributed by atoms with Crippen molar-refractivity contribution in [1.82, 2.24) is 35.2 Å². The number of hydrogen-bond donors (Lipinski definition) is 1. The summed E-state index contributed by atoms with van der Waals surface area (Å²) in [6, 6.07) is 6.87. The zero-order chi connectivity index (χ0) is 28.6. The monoisotopic (exact) mass is 559 g/mol. The van der Waals surface area contributed by atoms with Gasteiger partial charge in [0.1, 0.15) is 5.75 Å². The maximum Gasteiger partial charge on any atom is 0.318 e. The van der Waals surface area contributed by atoms with E-state index in [-0.39, 0.29) is 24.7 Å². The summed E-state index contributed by atoms with van der Waals surface area (Å²) in [5.41, 5.74) is 3.51. The lowest BCUT2D eigenvalue weighted by molar-refractivity contribution is -0.157. The smallest absolute Gasteiger partial charge is 0.318 e. The predicted molar refractivity (Wildman–Crippen MR) is 148 cm³/mol. The molecule has 13 nitrogen and oxygen atoms in total. The van der Waals surface area contributed by atoms with Gasteiger partial charge in [-0.15, -0.1) is 10.2 Å². The predicted octanol–water partition coefficient (Wildman–Crippen LogP) is 3.25. The van der Waals surface area contributed by atoms with Crippen LogP contribution < -0.4 is 15.0 Å². The summed E-state index contributed by atoms with van der Waals surface area (Å²) >= 11 is 0. The van der Waals surface area contributed by atoms with E-state index in [0.29, 0.717) is 30.0 Å². The third-order valence-electron chi connectivity index (χ3n) is 7.37. The number of nitrogens with zero attached hydrogens (tertiary/aromatic N) is 8. The minimum absolute atomic E-state index is 0.0342. The highest BCUT2D eigenvalue weighted by molar-refractivity contribution is 5.75. The van der Waals surface area contributed by atoms with Crippen molar-refractivity contribution < 1.29 is 18.7 Å². The summed E-state index contributed by atoms with van der Waals surface area (Å²) in [7, 11) is 1.68. The lowest BCUT2D eigenvalue weighted by Gasteiger charge is -2.16. The summed E-state index contributed by atoms with van der Waals surface area (Å²) in [6.07, 6.45) is 7.86. The van der Waals surface area contributed by atoms with Crippen molar-refractivity contribution in [3.05, 3.63) is 53.6 Å². The Hall–Kier alpha value is -4.55. The van der Waals surface area contributed by atoms with Crippen molar-refractivity contribution in [2.75, 3.05) is 30.4 Å². The number of hydrogen-bond acceptors (Lipinski definition) is 12. The van der Waals surface area contributed by atoms with Crippen LogP contribution in [0.25, 0.3) is 11.5 Å². The van der Waals surface area contributed by atoms with Crippen LogP contribution >= 0.6 is 0 Å². The van der Waals surface area contributed by atoms with Crippen LogP contribution in [-0.4, -0.2) is 67.4 Å². The zero-order valence-electron chi connectivity index (χ0n) is 23.6. The fourth-order valence-corrected chi connectivity index (χ4v) is 5.06. The maximum atomic E-state index is 12.0. The van der Waals surface area contributed by atoms with Gasteiger partial charge in [0.2, 0.25) is 5.95 Å². The molecule has 1 aliphatic heterocycles. The molecule has 0 spiro atoms. The first-order chi connectivity index (χ1) is 19.7. The molecule has 0 amide bonds. The van der Waals surface area contributed by atoms with Crippen LogP contribution in [0.2, 0.25) is 0 Å². The molecule has 41 heavy (non-hydrogen) atoms. The largest absolute Gasteiger partial charge is 0.497 e. The standard InChI is InChI=1S/C28H33N9O4/c1-28(2,3)25(38)40-16-37-15-23(32-35-37)18-7-8-36(14-18)27-34-33-24(41-27)20-12-29-26(30-13-20)31-21-9-17-5-6-22(39-4)11-19(17)10-21/h5-6,11-13,15,18,21H,7-10,14,16H2,1-4H3,(H,29,30,31). The third-order valence-corrected chi connectivity index (χ3v) is 7.37. The van der Waals surface area contributed by atoms with Gasteiger partial charge in [-0.3, -0.25) is 4.79 Å². The van der Waals surface area contributed by atoms with E-state index >= 15 is 0 Å². The Morgan fingerprint density at radius 3 is 2.71 bits per heavy atom. The molecule has 214 valence electrons. The minimum Gasteiger partial charge on any atom is -0.497 e. The van der Waals surface area contributed by atoms with Gasteiger partial charge in [0, 0.05) is 37.4 Å². The number of aromatic nitrogens is 7. The molecule has 2 aliphatic rings. The van der Waals surface area contributed by atoms with E-state index < -0.39 is 5.41 Å². The molecule has 1 N–H and O–H groups in total. The Labute approximate surface area is 237 Å². The summed E-state index contributed by atoms with van der Waals surface area (Å²) in [5, 5.41) is 20.3. The number of anilines is 2. The highest BCUT2D eigenvalue weighted by Gasteiger charge is 2.30. The van der Waals surface area contributed by atoms with Crippen LogP contribution in [0.4, 0.5) is 12.0 Å². The topological polar surface area (TPSA) is 146 Å². The normalized spacial score (nSPS) is 18.4. The van der Waals surface area contributed by atoms with E-state index in [0.717, 1.165) is 37.3 Å². The molecule has 1 aliphatic carbocycles. The molecule has 0 bridgehead atoms.